The van der Waals surface area contributed by atoms with Crippen molar-refractivity contribution in [2.75, 3.05) is 0 Å². The van der Waals surface area contributed by atoms with E-state index in [2.05, 4.69) is 4.98 Å². The molecule has 3 aromatic rings. The van der Waals surface area contributed by atoms with Crippen molar-refractivity contribution in [2.24, 2.45) is 0 Å². The van der Waals surface area contributed by atoms with Crippen LogP contribution in [0.1, 0.15) is 16.7 Å². The Balaban J connectivity index is 1.88. The van der Waals surface area contributed by atoms with E-state index in [-0.39, 0.29) is 12.0 Å². The maximum Gasteiger partial charge on any atom is 0.164 e. The molecule has 2 aromatic carbocycles. The molecule has 0 spiro atoms. The summed E-state index contributed by atoms with van der Waals surface area (Å²) in [4.78, 5) is 4.37. The molecule has 1 aromatic heterocycles. The number of hydrogen-bond donors (Lipinski definition) is 1. The summed E-state index contributed by atoms with van der Waals surface area (Å²) in [5.41, 5.74) is 0.809. The molecule has 1 N–H and O–H groups in total. The highest BCUT2D eigenvalue weighted by atomic mass is 32.1. The Hall–Kier alpha value is -1.85. The van der Waals surface area contributed by atoms with Gasteiger partial charge in [0, 0.05) is 12.0 Å². The lowest BCUT2D eigenvalue weighted by Crippen LogP contribution is -2.05. The van der Waals surface area contributed by atoms with Crippen molar-refractivity contribution in [3.8, 4) is 0 Å². The Morgan fingerprint density at radius 3 is 2.70 bits per heavy atom. The Bertz CT molecular complexity index is 723. The van der Waals surface area contributed by atoms with E-state index in [0.717, 1.165) is 16.3 Å². The highest BCUT2D eigenvalue weighted by Crippen LogP contribution is 2.27. The minimum atomic E-state index is -1.11. The fraction of sp³-hybridized carbons (Fsp3) is 0.133. The van der Waals surface area contributed by atoms with E-state index in [1.807, 2.05) is 24.3 Å². The quantitative estimate of drug-likeness (QED) is 0.795. The zero-order valence-corrected chi connectivity index (χ0v) is 11.2. The van der Waals surface area contributed by atoms with Gasteiger partial charge in [-0.3, -0.25) is 0 Å². The van der Waals surface area contributed by atoms with Crippen molar-refractivity contribution in [3.05, 3.63) is 64.7 Å². The van der Waals surface area contributed by atoms with Gasteiger partial charge in [0.2, 0.25) is 0 Å². The summed E-state index contributed by atoms with van der Waals surface area (Å²) in [7, 11) is 0. The van der Waals surface area contributed by atoms with Gasteiger partial charge in [0.05, 0.1) is 21.3 Å². The van der Waals surface area contributed by atoms with Crippen molar-refractivity contribution in [1.29, 1.82) is 0 Å². The summed E-state index contributed by atoms with van der Waals surface area (Å²) >= 11 is 1.44. The zero-order valence-electron chi connectivity index (χ0n) is 10.4. The van der Waals surface area contributed by atoms with Crippen LogP contribution >= 0.6 is 11.3 Å². The number of para-hydroxylation sites is 1. The van der Waals surface area contributed by atoms with E-state index in [1.54, 1.807) is 0 Å². The number of fused-ring (bicyclic) bond motifs is 1. The number of benzene rings is 2. The molecule has 5 heteroatoms. The number of rotatable bonds is 3. The van der Waals surface area contributed by atoms with Gasteiger partial charge in [-0.05, 0) is 18.2 Å². The first-order valence-corrected chi connectivity index (χ1v) is 6.93. The first kappa shape index (κ1) is 13.1. The Kier molecular flexibility index (Phi) is 3.46. The van der Waals surface area contributed by atoms with Gasteiger partial charge >= 0.3 is 0 Å². The van der Waals surface area contributed by atoms with E-state index in [9.17, 15) is 13.9 Å². The van der Waals surface area contributed by atoms with Crippen LogP contribution in [0, 0.1) is 11.6 Å². The maximum absolute atomic E-state index is 13.6. The number of thiazole rings is 1. The Morgan fingerprint density at radius 2 is 1.90 bits per heavy atom. The van der Waals surface area contributed by atoms with Crippen molar-refractivity contribution in [2.45, 2.75) is 12.5 Å². The molecule has 1 atom stereocenters. The molecule has 2 nitrogen and oxygen atoms in total. The number of halogens is 2. The lowest BCUT2D eigenvalue weighted by Gasteiger charge is -2.10. The van der Waals surface area contributed by atoms with Gasteiger partial charge in [0.25, 0.3) is 0 Å². The molecule has 102 valence electrons. The Morgan fingerprint density at radius 1 is 1.10 bits per heavy atom. The summed E-state index contributed by atoms with van der Waals surface area (Å²) < 4.78 is 27.8. The van der Waals surface area contributed by atoms with Crippen LogP contribution in [-0.4, -0.2) is 10.1 Å². The average molecular weight is 291 g/mol. The molecular formula is C15H11F2NOS. The molecule has 1 unspecified atom stereocenters. The highest BCUT2D eigenvalue weighted by Gasteiger charge is 2.18. The summed E-state index contributed by atoms with van der Waals surface area (Å²) in [6.45, 7) is 0. The molecule has 0 amide bonds. The summed E-state index contributed by atoms with van der Waals surface area (Å²) in [5, 5.41) is 10.8. The molecule has 0 radical (unpaired) electrons. The van der Waals surface area contributed by atoms with Gasteiger partial charge < -0.3 is 5.11 Å². The molecular weight excluding hydrogens is 280 g/mol. The predicted octanol–water partition coefficient (Wildman–Crippen LogP) is 3.85. The van der Waals surface area contributed by atoms with Gasteiger partial charge in [-0.2, -0.15) is 0 Å². The van der Waals surface area contributed by atoms with Crippen molar-refractivity contribution >= 4 is 21.6 Å². The topological polar surface area (TPSA) is 33.1 Å². The van der Waals surface area contributed by atoms with Crippen molar-refractivity contribution in [1.82, 2.24) is 4.98 Å². The van der Waals surface area contributed by atoms with E-state index in [0.29, 0.717) is 5.01 Å². The van der Waals surface area contributed by atoms with Gasteiger partial charge in [0.15, 0.2) is 11.6 Å². The molecule has 0 aliphatic rings. The van der Waals surface area contributed by atoms with Crippen LogP contribution in [0.4, 0.5) is 8.78 Å². The van der Waals surface area contributed by atoms with Crippen molar-refractivity contribution < 1.29 is 13.9 Å². The second kappa shape index (κ2) is 5.26. The normalized spacial score (nSPS) is 12.8. The fourth-order valence-corrected chi connectivity index (χ4v) is 3.06. The third-order valence-electron chi connectivity index (χ3n) is 3.05. The van der Waals surface area contributed by atoms with Gasteiger partial charge in [-0.1, -0.05) is 24.3 Å². The van der Waals surface area contributed by atoms with Gasteiger partial charge in [0.1, 0.15) is 0 Å². The van der Waals surface area contributed by atoms with E-state index >= 15 is 0 Å². The highest BCUT2D eigenvalue weighted by molar-refractivity contribution is 7.18. The van der Waals surface area contributed by atoms with Crippen LogP contribution in [0.3, 0.4) is 0 Å². The van der Waals surface area contributed by atoms with Crippen molar-refractivity contribution in [3.63, 3.8) is 0 Å². The fourth-order valence-electron chi connectivity index (χ4n) is 2.06. The van der Waals surface area contributed by atoms with Gasteiger partial charge in [-0.15, -0.1) is 11.3 Å². The number of aliphatic hydroxyl groups excluding tert-OH is 1. The monoisotopic (exact) mass is 291 g/mol. The minimum Gasteiger partial charge on any atom is -0.388 e. The minimum absolute atomic E-state index is 0.0377. The second-order valence-corrected chi connectivity index (χ2v) is 5.55. The number of aliphatic hydroxyl groups is 1. The molecule has 20 heavy (non-hydrogen) atoms. The van der Waals surface area contributed by atoms with Crippen LogP contribution in [0.5, 0.6) is 0 Å². The lowest BCUT2D eigenvalue weighted by atomic mass is 10.1. The van der Waals surface area contributed by atoms with Crippen LogP contribution < -0.4 is 0 Å². The molecule has 0 fully saturated rings. The average Bonchev–Trinajstić information content (AvgIpc) is 2.83. The number of hydrogen-bond acceptors (Lipinski definition) is 3. The predicted molar refractivity (Wildman–Crippen MR) is 74.6 cm³/mol. The summed E-state index contributed by atoms with van der Waals surface area (Å²) in [6.07, 6.45) is -0.939. The van der Waals surface area contributed by atoms with Gasteiger partial charge in [-0.25, -0.2) is 13.8 Å². The zero-order chi connectivity index (χ0) is 14.1. The molecule has 3 rings (SSSR count). The standard InChI is InChI=1S/C15H11F2NOS/c16-10-5-3-4-9(15(10)17)12(19)8-14-18-11-6-1-2-7-13(11)20-14/h1-7,12,19H,8H2. The van der Waals surface area contributed by atoms with E-state index < -0.39 is 17.7 Å². The van der Waals surface area contributed by atoms with E-state index in [1.165, 1.54) is 23.5 Å². The largest absolute Gasteiger partial charge is 0.388 e. The van der Waals surface area contributed by atoms with Crippen LogP contribution in [0.2, 0.25) is 0 Å². The Labute approximate surface area is 118 Å². The molecule has 0 saturated heterocycles. The number of nitrogens with zero attached hydrogens (tertiary/aromatic N) is 1. The van der Waals surface area contributed by atoms with Crippen LogP contribution in [0.25, 0.3) is 10.2 Å². The molecule has 0 bridgehead atoms. The van der Waals surface area contributed by atoms with Crippen LogP contribution in [0.15, 0.2) is 42.5 Å². The smallest absolute Gasteiger partial charge is 0.164 e. The maximum atomic E-state index is 13.6. The second-order valence-electron chi connectivity index (χ2n) is 4.44. The molecule has 0 aliphatic carbocycles. The van der Waals surface area contributed by atoms with Crippen LogP contribution in [-0.2, 0) is 6.42 Å². The first-order chi connectivity index (χ1) is 9.65. The molecule has 0 aliphatic heterocycles. The number of aromatic nitrogens is 1. The SMILES string of the molecule is OC(Cc1nc2ccccc2s1)c1cccc(F)c1F. The molecule has 1 heterocycles. The molecule has 0 saturated carbocycles. The third-order valence-corrected chi connectivity index (χ3v) is 4.11. The summed E-state index contributed by atoms with van der Waals surface area (Å²) in [6, 6.07) is 11.4. The lowest BCUT2D eigenvalue weighted by molar-refractivity contribution is 0.172. The third kappa shape index (κ3) is 2.42. The van der Waals surface area contributed by atoms with E-state index in [4.69, 9.17) is 0 Å². The first-order valence-electron chi connectivity index (χ1n) is 6.11. The summed E-state index contributed by atoms with van der Waals surface area (Å²) in [5.74, 6) is -1.95.